The summed E-state index contributed by atoms with van der Waals surface area (Å²) in [6.45, 7) is 2.59. The van der Waals surface area contributed by atoms with E-state index in [0.29, 0.717) is 24.5 Å². The van der Waals surface area contributed by atoms with Gasteiger partial charge in [0.1, 0.15) is 5.75 Å². The molecule has 6 heteroatoms. The standard InChI is InChI=1S/C15H21NO4S/c1-3-8-21-10-14(17)16-7-6-11-4-5-12(15(18)19)9-13(11)20-2/h4-5,9H,3,6-8,10H2,1-2H3,(H,16,17)(H,18,19). The first kappa shape index (κ1) is 17.4. The van der Waals surface area contributed by atoms with E-state index >= 15 is 0 Å². The maximum absolute atomic E-state index is 11.6. The topological polar surface area (TPSA) is 75.6 Å². The van der Waals surface area contributed by atoms with Crippen LogP contribution in [0.4, 0.5) is 0 Å². The summed E-state index contributed by atoms with van der Waals surface area (Å²) in [5, 5.41) is 11.8. The highest BCUT2D eigenvalue weighted by molar-refractivity contribution is 7.99. The van der Waals surface area contributed by atoms with Gasteiger partial charge in [0, 0.05) is 6.54 Å². The third kappa shape index (κ3) is 6.08. The van der Waals surface area contributed by atoms with Gasteiger partial charge in [-0.2, -0.15) is 11.8 Å². The van der Waals surface area contributed by atoms with Gasteiger partial charge in [-0.3, -0.25) is 4.79 Å². The van der Waals surface area contributed by atoms with E-state index in [0.717, 1.165) is 17.7 Å². The summed E-state index contributed by atoms with van der Waals surface area (Å²) < 4.78 is 5.19. The molecule has 0 saturated carbocycles. The largest absolute Gasteiger partial charge is 0.496 e. The van der Waals surface area contributed by atoms with Crippen molar-refractivity contribution < 1.29 is 19.4 Å². The van der Waals surface area contributed by atoms with Gasteiger partial charge in [-0.25, -0.2) is 4.79 Å². The minimum absolute atomic E-state index is 0.0228. The first-order valence-corrected chi connectivity index (χ1v) is 7.98. The Morgan fingerprint density at radius 1 is 1.38 bits per heavy atom. The molecule has 0 saturated heterocycles. The van der Waals surface area contributed by atoms with Crippen molar-refractivity contribution in [3.63, 3.8) is 0 Å². The van der Waals surface area contributed by atoms with Crippen LogP contribution in [0.3, 0.4) is 0 Å². The molecule has 0 spiro atoms. The number of thioether (sulfide) groups is 1. The highest BCUT2D eigenvalue weighted by Crippen LogP contribution is 2.20. The summed E-state index contributed by atoms with van der Waals surface area (Å²) in [6, 6.07) is 4.76. The van der Waals surface area contributed by atoms with Crippen LogP contribution in [-0.2, 0) is 11.2 Å². The minimum Gasteiger partial charge on any atom is -0.496 e. The van der Waals surface area contributed by atoms with Gasteiger partial charge >= 0.3 is 5.97 Å². The van der Waals surface area contributed by atoms with E-state index < -0.39 is 5.97 Å². The number of hydrogen-bond acceptors (Lipinski definition) is 4. The van der Waals surface area contributed by atoms with Crippen molar-refractivity contribution in [1.29, 1.82) is 0 Å². The predicted molar refractivity (Wildman–Crippen MR) is 84.3 cm³/mol. The van der Waals surface area contributed by atoms with Crippen molar-refractivity contribution in [1.82, 2.24) is 5.32 Å². The Morgan fingerprint density at radius 2 is 2.14 bits per heavy atom. The van der Waals surface area contributed by atoms with Crippen molar-refractivity contribution in [2.75, 3.05) is 25.2 Å². The Bertz CT molecular complexity index is 491. The molecule has 0 aliphatic heterocycles. The third-order valence-corrected chi connectivity index (χ3v) is 4.00. The summed E-state index contributed by atoms with van der Waals surface area (Å²) in [5.74, 6) is 1.03. The molecule has 0 aliphatic rings. The Morgan fingerprint density at radius 3 is 2.76 bits per heavy atom. The van der Waals surface area contributed by atoms with Crippen molar-refractivity contribution in [3.8, 4) is 5.75 Å². The fourth-order valence-electron chi connectivity index (χ4n) is 1.78. The summed E-state index contributed by atoms with van der Waals surface area (Å²) in [7, 11) is 1.50. The summed E-state index contributed by atoms with van der Waals surface area (Å²) in [5.41, 5.74) is 1.07. The number of aromatic carboxylic acids is 1. The number of methoxy groups -OCH3 is 1. The van der Waals surface area contributed by atoms with Gasteiger partial charge in [-0.05, 0) is 36.3 Å². The minimum atomic E-state index is -0.985. The highest BCUT2D eigenvalue weighted by atomic mass is 32.2. The first-order chi connectivity index (χ1) is 10.1. The fraction of sp³-hybridized carbons (Fsp3) is 0.467. The van der Waals surface area contributed by atoms with Crippen LogP contribution in [0.15, 0.2) is 18.2 Å². The zero-order valence-electron chi connectivity index (χ0n) is 12.3. The van der Waals surface area contributed by atoms with Crippen LogP contribution in [0.1, 0.15) is 29.3 Å². The molecule has 0 atom stereocenters. The molecular formula is C15H21NO4S. The molecule has 1 rings (SSSR count). The van der Waals surface area contributed by atoms with E-state index in [1.807, 2.05) is 0 Å². The maximum Gasteiger partial charge on any atom is 0.335 e. The van der Waals surface area contributed by atoms with Crippen molar-refractivity contribution in [3.05, 3.63) is 29.3 Å². The molecule has 2 N–H and O–H groups in total. The predicted octanol–water partition coefficient (Wildman–Crippen LogP) is 2.20. The van der Waals surface area contributed by atoms with E-state index in [2.05, 4.69) is 12.2 Å². The molecule has 1 amide bonds. The average Bonchev–Trinajstić information content (AvgIpc) is 2.47. The highest BCUT2D eigenvalue weighted by Gasteiger charge is 2.09. The molecule has 21 heavy (non-hydrogen) atoms. The van der Waals surface area contributed by atoms with Crippen LogP contribution in [0.2, 0.25) is 0 Å². The molecule has 0 bridgehead atoms. The van der Waals surface area contributed by atoms with Crippen LogP contribution in [0, 0.1) is 0 Å². The monoisotopic (exact) mass is 311 g/mol. The molecular weight excluding hydrogens is 290 g/mol. The molecule has 116 valence electrons. The number of nitrogens with one attached hydrogen (secondary N) is 1. The SMILES string of the molecule is CCCSCC(=O)NCCc1ccc(C(=O)O)cc1OC. The maximum atomic E-state index is 11.6. The quantitative estimate of drug-likeness (QED) is 0.684. The number of ether oxygens (including phenoxy) is 1. The van der Waals surface area contributed by atoms with Gasteiger partial charge in [0.05, 0.1) is 18.4 Å². The molecule has 5 nitrogen and oxygen atoms in total. The summed E-state index contributed by atoms with van der Waals surface area (Å²) in [6.07, 6.45) is 1.67. The van der Waals surface area contributed by atoms with E-state index in [1.54, 1.807) is 23.9 Å². The lowest BCUT2D eigenvalue weighted by Gasteiger charge is -2.10. The Balaban J connectivity index is 2.48. The number of carboxylic acids is 1. The zero-order chi connectivity index (χ0) is 15.7. The van der Waals surface area contributed by atoms with Crippen LogP contribution in [-0.4, -0.2) is 42.1 Å². The fourth-order valence-corrected chi connectivity index (χ4v) is 2.50. The Labute approximate surface area is 129 Å². The number of carboxylic acid groups (broad SMARTS) is 1. The van der Waals surface area contributed by atoms with Gasteiger partial charge in [0.25, 0.3) is 0 Å². The lowest BCUT2D eigenvalue weighted by Crippen LogP contribution is -2.27. The second kappa shape index (κ2) is 9.28. The van der Waals surface area contributed by atoms with Crippen LogP contribution < -0.4 is 10.1 Å². The molecule has 1 aromatic carbocycles. The van der Waals surface area contributed by atoms with Crippen LogP contribution in [0.25, 0.3) is 0 Å². The normalized spacial score (nSPS) is 10.2. The smallest absolute Gasteiger partial charge is 0.335 e. The van der Waals surface area contributed by atoms with Gasteiger partial charge in [0.2, 0.25) is 5.91 Å². The molecule has 0 aromatic heterocycles. The van der Waals surface area contributed by atoms with Crippen molar-refractivity contribution >= 4 is 23.6 Å². The molecule has 0 aliphatic carbocycles. The van der Waals surface area contributed by atoms with Gasteiger partial charge in [0.15, 0.2) is 0 Å². The van der Waals surface area contributed by atoms with Gasteiger partial charge < -0.3 is 15.2 Å². The molecule has 0 heterocycles. The summed E-state index contributed by atoms with van der Waals surface area (Å²) in [4.78, 5) is 22.5. The Kier molecular flexibility index (Phi) is 7.68. The number of benzene rings is 1. The number of hydrogen-bond donors (Lipinski definition) is 2. The van der Waals surface area contributed by atoms with Gasteiger partial charge in [-0.1, -0.05) is 13.0 Å². The lowest BCUT2D eigenvalue weighted by atomic mass is 10.1. The second-order valence-corrected chi connectivity index (χ2v) is 5.59. The second-order valence-electron chi connectivity index (χ2n) is 4.48. The number of carbonyl (C=O) groups excluding carboxylic acids is 1. The van der Waals surface area contributed by atoms with Crippen LogP contribution >= 0.6 is 11.8 Å². The molecule has 1 aromatic rings. The van der Waals surface area contributed by atoms with E-state index in [1.165, 1.54) is 13.2 Å². The lowest BCUT2D eigenvalue weighted by molar-refractivity contribution is -0.118. The van der Waals surface area contributed by atoms with E-state index in [4.69, 9.17) is 9.84 Å². The molecule has 0 radical (unpaired) electrons. The van der Waals surface area contributed by atoms with E-state index in [-0.39, 0.29) is 11.5 Å². The molecule has 0 unspecified atom stereocenters. The summed E-state index contributed by atoms with van der Waals surface area (Å²) >= 11 is 1.62. The molecule has 0 fully saturated rings. The number of carbonyl (C=O) groups is 2. The van der Waals surface area contributed by atoms with Gasteiger partial charge in [-0.15, -0.1) is 0 Å². The Hall–Kier alpha value is -1.69. The van der Waals surface area contributed by atoms with Crippen LogP contribution in [0.5, 0.6) is 5.75 Å². The first-order valence-electron chi connectivity index (χ1n) is 6.83. The number of amides is 1. The van der Waals surface area contributed by atoms with Crippen molar-refractivity contribution in [2.24, 2.45) is 0 Å². The average molecular weight is 311 g/mol. The van der Waals surface area contributed by atoms with Crippen molar-refractivity contribution in [2.45, 2.75) is 19.8 Å². The number of rotatable bonds is 9. The zero-order valence-corrected chi connectivity index (χ0v) is 13.2. The third-order valence-electron chi connectivity index (χ3n) is 2.83. The van der Waals surface area contributed by atoms with E-state index in [9.17, 15) is 9.59 Å².